The van der Waals surface area contributed by atoms with Crippen LogP contribution < -0.4 is 0 Å². The normalized spacial score (nSPS) is 22.4. The molecule has 1 aliphatic carbocycles. The fourth-order valence-electron chi connectivity index (χ4n) is 1.51. The van der Waals surface area contributed by atoms with E-state index in [9.17, 15) is 0 Å². The lowest BCUT2D eigenvalue weighted by Gasteiger charge is -2.17. The van der Waals surface area contributed by atoms with Crippen LogP contribution in [0, 0.1) is 11.3 Å². The molecule has 0 heterocycles. The van der Waals surface area contributed by atoms with Gasteiger partial charge in [-0.15, -0.1) is 11.8 Å². The summed E-state index contributed by atoms with van der Waals surface area (Å²) in [5.74, 6) is 1.08. The Kier molecular flexibility index (Phi) is 2.62. The molecule has 1 fully saturated rings. The van der Waals surface area contributed by atoms with Gasteiger partial charge < -0.3 is 0 Å². The zero-order valence-corrected chi connectivity index (χ0v) is 7.21. The molecule has 0 amide bonds. The van der Waals surface area contributed by atoms with Crippen molar-refractivity contribution in [2.24, 2.45) is 0 Å². The van der Waals surface area contributed by atoms with Gasteiger partial charge >= 0.3 is 0 Å². The standard InChI is InChI=1S/C8H13NS/c1-2-10-8(7-9)5-3-4-6-8/h2-6H2,1H3. The van der Waals surface area contributed by atoms with Gasteiger partial charge in [-0.3, -0.25) is 0 Å². The zero-order valence-electron chi connectivity index (χ0n) is 6.39. The summed E-state index contributed by atoms with van der Waals surface area (Å²) in [5.41, 5.74) is 0. The summed E-state index contributed by atoms with van der Waals surface area (Å²) in [6.07, 6.45) is 4.73. The van der Waals surface area contributed by atoms with Gasteiger partial charge in [0.05, 0.1) is 6.07 Å². The Balaban J connectivity index is 2.51. The number of rotatable bonds is 2. The van der Waals surface area contributed by atoms with Gasteiger partial charge in [0.25, 0.3) is 0 Å². The molecule has 1 rings (SSSR count). The molecule has 0 spiro atoms. The van der Waals surface area contributed by atoms with Gasteiger partial charge in [0.15, 0.2) is 0 Å². The van der Waals surface area contributed by atoms with Gasteiger partial charge in [0.1, 0.15) is 4.75 Å². The second kappa shape index (κ2) is 3.30. The first-order valence-corrected chi connectivity index (χ1v) is 4.87. The number of hydrogen-bond donors (Lipinski definition) is 0. The van der Waals surface area contributed by atoms with Crippen molar-refractivity contribution in [1.82, 2.24) is 0 Å². The molecule has 2 heteroatoms. The highest BCUT2D eigenvalue weighted by molar-refractivity contribution is 8.00. The van der Waals surface area contributed by atoms with Gasteiger partial charge in [-0.05, 0) is 18.6 Å². The zero-order chi connectivity index (χ0) is 7.45. The number of nitriles is 1. The van der Waals surface area contributed by atoms with Crippen molar-refractivity contribution in [1.29, 1.82) is 5.26 Å². The molecule has 0 bridgehead atoms. The third-order valence-electron chi connectivity index (χ3n) is 2.04. The molecule has 0 atom stereocenters. The van der Waals surface area contributed by atoms with Crippen LogP contribution in [-0.2, 0) is 0 Å². The predicted molar refractivity (Wildman–Crippen MR) is 44.9 cm³/mol. The van der Waals surface area contributed by atoms with Crippen LogP contribution >= 0.6 is 11.8 Å². The van der Waals surface area contributed by atoms with Crippen LogP contribution in [0.2, 0.25) is 0 Å². The minimum atomic E-state index is 0.00868. The van der Waals surface area contributed by atoms with Crippen molar-refractivity contribution >= 4 is 11.8 Å². The highest BCUT2D eigenvalue weighted by Crippen LogP contribution is 2.40. The first-order chi connectivity index (χ1) is 4.83. The highest BCUT2D eigenvalue weighted by atomic mass is 32.2. The van der Waals surface area contributed by atoms with Crippen molar-refractivity contribution in [3.8, 4) is 6.07 Å². The molecule has 1 saturated carbocycles. The van der Waals surface area contributed by atoms with Gasteiger partial charge in [-0.2, -0.15) is 5.26 Å². The van der Waals surface area contributed by atoms with E-state index in [2.05, 4.69) is 13.0 Å². The first-order valence-electron chi connectivity index (χ1n) is 3.88. The van der Waals surface area contributed by atoms with E-state index in [1.54, 1.807) is 0 Å². The number of hydrogen-bond acceptors (Lipinski definition) is 2. The van der Waals surface area contributed by atoms with E-state index in [1.165, 1.54) is 12.8 Å². The molecule has 0 saturated heterocycles. The Morgan fingerprint density at radius 1 is 1.50 bits per heavy atom. The number of thioether (sulfide) groups is 1. The minimum Gasteiger partial charge on any atom is -0.197 e. The van der Waals surface area contributed by atoms with Crippen molar-refractivity contribution in [3.63, 3.8) is 0 Å². The quantitative estimate of drug-likeness (QED) is 0.612. The molecule has 0 aromatic heterocycles. The lowest BCUT2D eigenvalue weighted by molar-refractivity contribution is 0.760. The predicted octanol–water partition coefficient (Wildman–Crippen LogP) is 2.58. The van der Waals surface area contributed by atoms with Crippen molar-refractivity contribution < 1.29 is 0 Å². The van der Waals surface area contributed by atoms with Crippen molar-refractivity contribution in [2.45, 2.75) is 37.4 Å². The summed E-state index contributed by atoms with van der Waals surface area (Å²) in [7, 11) is 0. The van der Waals surface area contributed by atoms with Crippen LogP contribution in [0.4, 0.5) is 0 Å². The Labute approximate surface area is 66.8 Å². The van der Waals surface area contributed by atoms with Gasteiger partial charge in [0.2, 0.25) is 0 Å². The molecule has 0 aromatic carbocycles. The van der Waals surface area contributed by atoms with E-state index >= 15 is 0 Å². The van der Waals surface area contributed by atoms with Crippen LogP contribution in [0.5, 0.6) is 0 Å². The average molecular weight is 155 g/mol. The van der Waals surface area contributed by atoms with Crippen LogP contribution in [-0.4, -0.2) is 10.5 Å². The molecule has 0 aliphatic heterocycles. The summed E-state index contributed by atoms with van der Waals surface area (Å²) < 4.78 is 0.00868. The largest absolute Gasteiger partial charge is 0.197 e. The molecule has 0 N–H and O–H groups in total. The number of nitrogens with zero attached hydrogens (tertiary/aromatic N) is 1. The summed E-state index contributed by atoms with van der Waals surface area (Å²) in [6.45, 7) is 2.13. The summed E-state index contributed by atoms with van der Waals surface area (Å²) >= 11 is 1.83. The fourth-order valence-corrected chi connectivity index (χ4v) is 2.71. The smallest absolute Gasteiger partial charge is 0.102 e. The molecular weight excluding hydrogens is 142 g/mol. The van der Waals surface area contributed by atoms with E-state index in [4.69, 9.17) is 5.26 Å². The fraction of sp³-hybridized carbons (Fsp3) is 0.875. The molecule has 0 unspecified atom stereocenters. The van der Waals surface area contributed by atoms with Gasteiger partial charge in [0, 0.05) is 0 Å². The first kappa shape index (κ1) is 7.94. The van der Waals surface area contributed by atoms with Crippen LogP contribution in [0.1, 0.15) is 32.6 Å². The maximum absolute atomic E-state index is 8.88. The van der Waals surface area contributed by atoms with Gasteiger partial charge in [-0.25, -0.2) is 0 Å². The van der Waals surface area contributed by atoms with Crippen LogP contribution in [0.3, 0.4) is 0 Å². The molecule has 56 valence electrons. The summed E-state index contributed by atoms with van der Waals surface area (Å²) in [6, 6.07) is 2.44. The Bertz CT molecular complexity index is 142. The van der Waals surface area contributed by atoms with E-state index in [-0.39, 0.29) is 4.75 Å². The van der Waals surface area contributed by atoms with Gasteiger partial charge in [-0.1, -0.05) is 19.8 Å². The third-order valence-corrected chi connectivity index (χ3v) is 3.38. The molecule has 1 aliphatic rings. The Morgan fingerprint density at radius 2 is 2.10 bits per heavy atom. The monoisotopic (exact) mass is 155 g/mol. The van der Waals surface area contributed by atoms with E-state index in [0.29, 0.717) is 0 Å². The third kappa shape index (κ3) is 1.46. The topological polar surface area (TPSA) is 23.8 Å². The summed E-state index contributed by atoms with van der Waals surface area (Å²) in [4.78, 5) is 0. The van der Waals surface area contributed by atoms with Crippen LogP contribution in [0.15, 0.2) is 0 Å². The Hall–Kier alpha value is -0.160. The minimum absolute atomic E-state index is 0.00868. The highest BCUT2D eigenvalue weighted by Gasteiger charge is 2.33. The lowest BCUT2D eigenvalue weighted by atomic mass is 10.1. The van der Waals surface area contributed by atoms with Crippen molar-refractivity contribution in [3.05, 3.63) is 0 Å². The van der Waals surface area contributed by atoms with Crippen molar-refractivity contribution in [2.75, 3.05) is 5.75 Å². The van der Waals surface area contributed by atoms with E-state index in [0.717, 1.165) is 18.6 Å². The summed E-state index contributed by atoms with van der Waals surface area (Å²) in [5, 5.41) is 8.88. The lowest BCUT2D eigenvalue weighted by Crippen LogP contribution is -2.16. The maximum Gasteiger partial charge on any atom is 0.102 e. The SMILES string of the molecule is CCSC1(C#N)CCCC1. The molecule has 0 aromatic rings. The molecule has 10 heavy (non-hydrogen) atoms. The van der Waals surface area contributed by atoms with Crippen LogP contribution in [0.25, 0.3) is 0 Å². The molecular formula is C8H13NS. The Morgan fingerprint density at radius 3 is 2.50 bits per heavy atom. The van der Waals surface area contributed by atoms with E-state index < -0.39 is 0 Å². The second-order valence-electron chi connectivity index (χ2n) is 2.75. The van der Waals surface area contributed by atoms with E-state index in [1.807, 2.05) is 11.8 Å². The molecule has 1 nitrogen and oxygen atoms in total. The second-order valence-corrected chi connectivity index (χ2v) is 4.39. The molecule has 0 radical (unpaired) electrons. The maximum atomic E-state index is 8.88. The average Bonchev–Trinajstić information content (AvgIpc) is 2.39.